The second-order valence-corrected chi connectivity index (χ2v) is 4.72. The lowest BCUT2D eigenvalue weighted by atomic mass is 10.2. The first-order chi connectivity index (χ1) is 8.99. The molecule has 4 nitrogen and oxygen atoms in total. The topological polar surface area (TPSA) is 55.2 Å². The van der Waals surface area contributed by atoms with E-state index in [4.69, 9.17) is 0 Å². The van der Waals surface area contributed by atoms with Gasteiger partial charge in [-0.05, 0) is 28.8 Å². The number of thiophene rings is 1. The Bertz CT molecular complexity index is 628. The minimum Gasteiger partial charge on any atom is -0.375 e. The van der Waals surface area contributed by atoms with Gasteiger partial charge in [-0.2, -0.15) is 15.7 Å². The Labute approximate surface area is 111 Å². The molecular formula is C12H10F2N2O2S. The Hall–Kier alpha value is -2.02. The minimum atomic E-state index is -1.19. The molecule has 0 bridgehead atoms. The number of hydrogen-bond acceptors (Lipinski definition) is 4. The fraction of sp³-hybridized carbons (Fsp3) is 0.167. The zero-order valence-electron chi connectivity index (χ0n) is 9.94. The van der Waals surface area contributed by atoms with Gasteiger partial charge in [-0.3, -0.25) is 10.1 Å². The number of hydrogen-bond donors (Lipinski definition) is 1. The third-order valence-corrected chi connectivity index (χ3v) is 3.55. The third-order valence-electron chi connectivity index (χ3n) is 2.64. The highest BCUT2D eigenvalue weighted by Gasteiger charge is 2.21. The van der Waals surface area contributed by atoms with E-state index in [0.29, 0.717) is 6.07 Å². The average Bonchev–Trinajstić information content (AvgIpc) is 2.70. The van der Waals surface area contributed by atoms with Crippen molar-refractivity contribution in [2.75, 3.05) is 5.32 Å². The van der Waals surface area contributed by atoms with Gasteiger partial charge in [0.25, 0.3) is 0 Å². The molecule has 0 aliphatic heterocycles. The molecular weight excluding hydrogens is 274 g/mol. The first-order valence-electron chi connectivity index (χ1n) is 5.38. The Morgan fingerprint density at radius 3 is 2.68 bits per heavy atom. The quantitative estimate of drug-likeness (QED) is 0.685. The van der Waals surface area contributed by atoms with Crippen molar-refractivity contribution < 1.29 is 13.7 Å². The second-order valence-electron chi connectivity index (χ2n) is 3.97. The van der Waals surface area contributed by atoms with Crippen molar-refractivity contribution >= 4 is 22.7 Å². The summed E-state index contributed by atoms with van der Waals surface area (Å²) in [6, 6.07) is 1.42. The monoisotopic (exact) mass is 284 g/mol. The number of halogens is 2. The summed E-state index contributed by atoms with van der Waals surface area (Å²) >= 11 is 1.50. The Balaban J connectivity index is 2.29. The molecule has 0 spiro atoms. The number of nitrogens with zero attached hydrogens (tertiary/aromatic N) is 1. The molecule has 2 aromatic rings. The van der Waals surface area contributed by atoms with Gasteiger partial charge in [-0.15, -0.1) is 0 Å². The smallest absolute Gasteiger partial charge is 0.327 e. The van der Waals surface area contributed by atoms with E-state index < -0.39 is 22.2 Å². The molecule has 1 aromatic heterocycles. The molecule has 1 heterocycles. The van der Waals surface area contributed by atoms with Crippen LogP contribution in [0.3, 0.4) is 0 Å². The van der Waals surface area contributed by atoms with E-state index in [2.05, 4.69) is 5.32 Å². The van der Waals surface area contributed by atoms with Crippen molar-refractivity contribution in [1.82, 2.24) is 0 Å². The predicted molar refractivity (Wildman–Crippen MR) is 69.4 cm³/mol. The van der Waals surface area contributed by atoms with Crippen molar-refractivity contribution in [2.45, 2.75) is 13.5 Å². The van der Waals surface area contributed by atoms with Crippen LogP contribution in [0.1, 0.15) is 11.1 Å². The largest absolute Gasteiger partial charge is 0.375 e. The second kappa shape index (κ2) is 5.31. The van der Waals surface area contributed by atoms with E-state index in [1.54, 1.807) is 0 Å². The molecule has 19 heavy (non-hydrogen) atoms. The highest BCUT2D eigenvalue weighted by molar-refractivity contribution is 7.08. The number of anilines is 1. The predicted octanol–water partition coefficient (Wildman–Crippen LogP) is 3.86. The van der Waals surface area contributed by atoms with Gasteiger partial charge in [0.15, 0.2) is 0 Å². The van der Waals surface area contributed by atoms with Gasteiger partial charge < -0.3 is 5.32 Å². The van der Waals surface area contributed by atoms with E-state index in [1.165, 1.54) is 11.3 Å². The Kier molecular flexibility index (Phi) is 3.75. The van der Waals surface area contributed by atoms with Crippen LogP contribution >= 0.6 is 11.3 Å². The summed E-state index contributed by atoms with van der Waals surface area (Å²) in [5.74, 6) is -2.04. The van der Waals surface area contributed by atoms with E-state index in [1.807, 2.05) is 17.7 Å². The summed E-state index contributed by atoms with van der Waals surface area (Å²) in [5.41, 5.74) is 1.06. The van der Waals surface area contributed by atoms with E-state index in [9.17, 15) is 18.9 Å². The van der Waals surface area contributed by atoms with Gasteiger partial charge in [0, 0.05) is 18.7 Å². The molecule has 1 aromatic carbocycles. The molecule has 0 aliphatic carbocycles. The van der Waals surface area contributed by atoms with Gasteiger partial charge in [-0.1, -0.05) is 0 Å². The highest BCUT2D eigenvalue weighted by Crippen LogP contribution is 2.29. The number of nitrogens with one attached hydrogen (secondary N) is 1. The lowest BCUT2D eigenvalue weighted by Crippen LogP contribution is -2.05. The third kappa shape index (κ3) is 2.87. The molecule has 0 unspecified atom stereocenters. The van der Waals surface area contributed by atoms with Crippen LogP contribution in [0.2, 0.25) is 0 Å². The molecule has 2 rings (SSSR count). The summed E-state index contributed by atoms with van der Waals surface area (Å²) in [5, 5.41) is 17.3. The molecule has 7 heteroatoms. The van der Waals surface area contributed by atoms with Gasteiger partial charge >= 0.3 is 5.69 Å². The number of benzene rings is 1. The van der Waals surface area contributed by atoms with Crippen molar-refractivity contribution in [3.05, 3.63) is 55.8 Å². The van der Waals surface area contributed by atoms with E-state index >= 15 is 0 Å². The first-order valence-corrected chi connectivity index (χ1v) is 6.32. The van der Waals surface area contributed by atoms with Crippen molar-refractivity contribution in [1.29, 1.82) is 0 Å². The van der Waals surface area contributed by atoms with Crippen molar-refractivity contribution in [3.8, 4) is 0 Å². The summed E-state index contributed by atoms with van der Waals surface area (Å²) in [6.07, 6.45) is 0. The maximum atomic E-state index is 13.4. The lowest BCUT2D eigenvalue weighted by molar-refractivity contribution is -0.386. The summed E-state index contributed by atoms with van der Waals surface area (Å²) in [7, 11) is 0. The fourth-order valence-electron chi connectivity index (χ4n) is 1.64. The normalized spacial score (nSPS) is 10.5. The van der Waals surface area contributed by atoms with Crippen LogP contribution in [0.25, 0.3) is 0 Å². The number of nitro groups is 1. The van der Waals surface area contributed by atoms with Crippen LogP contribution in [0, 0.1) is 28.7 Å². The van der Waals surface area contributed by atoms with E-state index in [0.717, 1.165) is 17.2 Å². The van der Waals surface area contributed by atoms with Gasteiger partial charge in [0.2, 0.25) is 5.82 Å². The van der Waals surface area contributed by atoms with Crippen LogP contribution in [-0.4, -0.2) is 4.92 Å². The van der Waals surface area contributed by atoms with Crippen LogP contribution in [0.4, 0.5) is 20.2 Å². The molecule has 0 atom stereocenters. The van der Waals surface area contributed by atoms with E-state index in [-0.39, 0.29) is 12.2 Å². The maximum absolute atomic E-state index is 13.4. The average molecular weight is 284 g/mol. The van der Waals surface area contributed by atoms with Gasteiger partial charge in [0.05, 0.1) is 4.92 Å². The fourth-order valence-corrected chi connectivity index (χ4v) is 2.50. The molecule has 0 fully saturated rings. The van der Waals surface area contributed by atoms with Gasteiger partial charge in [-0.25, -0.2) is 4.39 Å². The molecule has 0 saturated carbocycles. The zero-order valence-corrected chi connectivity index (χ0v) is 10.8. The summed E-state index contributed by atoms with van der Waals surface area (Å²) < 4.78 is 26.5. The van der Waals surface area contributed by atoms with Crippen LogP contribution in [0.5, 0.6) is 0 Å². The van der Waals surface area contributed by atoms with Crippen molar-refractivity contribution in [2.24, 2.45) is 0 Å². The minimum absolute atomic E-state index is 0.159. The molecule has 0 radical (unpaired) electrons. The highest BCUT2D eigenvalue weighted by atomic mass is 32.1. The van der Waals surface area contributed by atoms with Crippen molar-refractivity contribution in [3.63, 3.8) is 0 Å². The first kappa shape index (κ1) is 13.4. The Morgan fingerprint density at radius 2 is 2.11 bits per heavy atom. The maximum Gasteiger partial charge on any atom is 0.327 e. The molecule has 1 N–H and O–H groups in total. The number of nitro benzene ring substituents is 1. The zero-order chi connectivity index (χ0) is 14.0. The molecule has 0 amide bonds. The van der Waals surface area contributed by atoms with Crippen LogP contribution in [-0.2, 0) is 6.54 Å². The SMILES string of the molecule is Cc1cscc1CNc1cc(F)cc(F)c1[N+](=O)[O-]. The van der Waals surface area contributed by atoms with Crippen LogP contribution < -0.4 is 5.32 Å². The Morgan fingerprint density at radius 1 is 1.37 bits per heavy atom. The molecule has 0 aliphatic rings. The van der Waals surface area contributed by atoms with Gasteiger partial charge in [0.1, 0.15) is 11.5 Å². The standard InChI is InChI=1S/C12H10F2N2O2S/c1-7-5-19-6-8(7)4-15-11-3-9(13)2-10(14)12(11)16(17)18/h2-3,5-6,15H,4H2,1H3. The lowest BCUT2D eigenvalue weighted by Gasteiger charge is -2.07. The number of aryl methyl sites for hydroxylation is 1. The summed E-state index contributed by atoms with van der Waals surface area (Å²) in [4.78, 5) is 9.92. The number of rotatable bonds is 4. The molecule has 0 saturated heterocycles. The molecule has 100 valence electrons. The van der Waals surface area contributed by atoms with Crippen LogP contribution in [0.15, 0.2) is 22.9 Å². The summed E-state index contributed by atoms with van der Waals surface area (Å²) in [6.45, 7) is 2.17.